The molecule has 0 atom stereocenters. The van der Waals surface area contributed by atoms with Crippen LogP contribution in [0, 0.1) is 6.92 Å². The maximum atomic E-state index is 11.8. The van der Waals surface area contributed by atoms with Crippen LogP contribution in [0.4, 0.5) is 0 Å². The molecule has 4 nitrogen and oxygen atoms in total. The second-order valence-electron chi connectivity index (χ2n) is 6.29. The number of benzene rings is 1. The van der Waals surface area contributed by atoms with E-state index in [0.29, 0.717) is 23.8 Å². The molecule has 0 saturated carbocycles. The van der Waals surface area contributed by atoms with Crippen molar-refractivity contribution in [2.75, 3.05) is 12.5 Å². The third kappa shape index (κ3) is 10.7. The molecule has 6 heteroatoms. The Morgan fingerprint density at radius 3 is 2.31 bits per heavy atom. The Balaban J connectivity index is 2.06. The van der Waals surface area contributed by atoms with E-state index in [1.54, 1.807) is 12.1 Å². The number of hydrogen-bond donors (Lipinski definition) is 0. The quantitative estimate of drug-likeness (QED) is 0.180. The maximum Gasteiger partial charge on any atom is 0.311 e. The fourth-order valence-electron chi connectivity index (χ4n) is 2.40. The second-order valence-corrected chi connectivity index (χ2v) is 7.08. The van der Waals surface area contributed by atoms with E-state index in [1.165, 1.54) is 6.42 Å². The van der Waals surface area contributed by atoms with E-state index in [-0.39, 0.29) is 18.8 Å². The van der Waals surface area contributed by atoms with Gasteiger partial charge in [-0.2, -0.15) is 0 Å². The zero-order valence-electron chi connectivity index (χ0n) is 15.4. The number of unbranched alkanes of at least 4 members (excludes halogenated alkanes) is 5. The number of aryl methyl sites for hydroxylation is 1. The molecule has 1 aromatic carbocycles. The van der Waals surface area contributed by atoms with Crippen molar-refractivity contribution >= 4 is 35.1 Å². The summed E-state index contributed by atoms with van der Waals surface area (Å²) in [7, 11) is 0. The van der Waals surface area contributed by atoms with E-state index >= 15 is 0 Å². The average molecular weight is 403 g/mol. The minimum atomic E-state index is -0.401. The van der Waals surface area contributed by atoms with Crippen LogP contribution in [0.5, 0.6) is 5.75 Å². The zero-order chi connectivity index (χ0) is 19.2. The first kappa shape index (κ1) is 22.8. The van der Waals surface area contributed by atoms with Gasteiger partial charge in [0.05, 0.1) is 11.6 Å². The molecule has 0 aliphatic rings. The summed E-state index contributed by atoms with van der Waals surface area (Å²) in [6.07, 6.45) is 7.24. The molecule has 0 spiro atoms. The average Bonchev–Trinajstić information content (AvgIpc) is 2.60. The van der Waals surface area contributed by atoms with Crippen LogP contribution in [0.1, 0.15) is 63.4 Å². The molecule has 1 rings (SSSR count). The summed E-state index contributed by atoms with van der Waals surface area (Å²) in [6, 6.07) is 5.24. The lowest BCUT2D eigenvalue weighted by molar-refractivity contribution is -0.144. The fourth-order valence-corrected chi connectivity index (χ4v) is 2.75. The van der Waals surface area contributed by atoms with Gasteiger partial charge >= 0.3 is 11.9 Å². The molecule has 0 aromatic heterocycles. The van der Waals surface area contributed by atoms with E-state index < -0.39 is 5.97 Å². The highest BCUT2D eigenvalue weighted by Gasteiger charge is 2.10. The Labute approximate surface area is 166 Å². The van der Waals surface area contributed by atoms with Crippen molar-refractivity contribution in [1.29, 1.82) is 0 Å². The molecular formula is C20H28Cl2O4. The topological polar surface area (TPSA) is 52.6 Å². The number of carbonyl (C=O) groups excluding carboxylic acids is 2. The van der Waals surface area contributed by atoms with Crippen LogP contribution in [0.2, 0.25) is 5.02 Å². The van der Waals surface area contributed by atoms with Crippen LogP contribution in [-0.2, 0) is 14.3 Å². The monoisotopic (exact) mass is 402 g/mol. The lowest BCUT2D eigenvalue weighted by Gasteiger charge is -2.07. The van der Waals surface area contributed by atoms with Gasteiger partial charge in [0.1, 0.15) is 5.75 Å². The van der Waals surface area contributed by atoms with E-state index in [0.717, 1.165) is 43.5 Å². The number of carbonyl (C=O) groups is 2. The van der Waals surface area contributed by atoms with E-state index in [9.17, 15) is 9.59 Å². The first-order chi connectivity index (χ1) is 12.5. The molecule has 26 heavy (non-hydrogen) atoms. The molecule has 0 bridgehead atoms. The second kappa shape index (κ2) is 13.9. The Bertz CT molecular complexity index is 561. The fraction of sp³-hybridized carbons (Fsp3) is 0.600. The third-order valence-corrected chi connectivity index (χ3v) is 4.44. The van der Waals surface area contributed by atoms with Gasteiger partial charge in [0.2, 0.25) is 0 Å². The Morgan fingerprint density at radius 1 is 0.923 bits per heavy atom. The van der Waals surface area contributed by atoms with Crippen molar-refractivity contribution in [1.82, 2.24) is 0 Å². The molecule has 0 fully saturated rings. The normalized spacial score (nSPS) is 10.6. The molecule has 0 unspecified atom stereocenters. The summed E-state index contributed by atoms with van der Waals surface area (Å²) in [5.74, 6) is 0.407. The first-order valence-corrected chi connectivity index (χ1v) is 10.1. The van der Waals surface area contributed by atoms with E-state index in [4.69, 9.17) is 32.7 Å². The Kier molecular flexibility index (Phi) is 12.2. The van der Waals surface area contributed by atoms with Gasteiger partial charge in [0.15, 0.2) is 0 Å². The minimum Gasteiger partial charge on any atom is -0.466 e. The van der Waals surface area contributed by atoms with Gasteiger partial charge in [-0.3, -0.25) is 9.59 Å². The number of ether oxygens (including phenoxy) is 2. The van der Waals surface area contributed by atoms with Crippen LogP contribution in [0.3, 0.4) is 0 Å². The summed E-state index contributed by atoms with van der Waals surface area (Å²) in [5, 5.41) is 0.394. The molecule has 146 valence electrons. The molecule has 1 aromatic rings. The van der Waals surface area contributed by atoms with Crippen molar-refractivity contribution in [3.8, 4) is 5.75 Å². The number of alkyl halides is 1. The highest BCUT2D eigenvalue weighted by molar-refractivity contribution is 6.32. The van der Waals surface area contributed by atoms with Crippen LogP contribution in [0.15, 0.2) is 18.2 Å². The van der Waals surface area contributed by atoms with Crippen molar-refractivity contribution in [3.63, 3.8) is 0 Å². The minimum absolute atomic E-state index is 0.153. The molecule has 0 heterocycles. The van der Waals surface area contributed by atoms with Gasteiger partial charge in [0.25, 0.3) is 0 Å². The van der Waals surface area contributed by atoms with Crippen LogP contribution in [-0.4, -0.2) is 24.4 Å². The number of esters is 2. The highest BCUT2D eigenvalue weighted by Crippen LogP contribution is 2.25. The molecule has 0 N–H and O–H groups in total. The predicted octanol–water partition coefficient (Wildman–Crippen LogP) is 5.85. The van der Waals surface area contributed by atoms with Gasteiger partial charge < -0.3 is 9.47 Å². The molecule has 0 aliphatic carbocycles. The van der Waals surface area contributed by atoms with Crippen molar-refractivity contribution < 1.29 is 19.1 Å². The SMILES string of the molecule is Cc1ccc(Cl)c(OC(=O)CCCC(=O)OCCCCCCCCCl)c1. The summed E-state index contributed by atoms with van der Waals surface area (Å²) in [4.78, 5) is 23.5. The number of rotatable bonds is 13. The van der Waals surface area contributed by atoms with Gasteiger partial charge in [-0.25, -0.2) is 0 Å². The van der Waals surface area contributed by atoms with Gasteiger partial charge in [-0.15, -0.1) is 11.6 Å². The molecule has 0 radical (unpaired) electrons. The maximum absolute atomic E-state index is 11.8. The van der Waals surface area contributed by atoms with Crippen molar-refractivity contribution in [2.45, 2.75) is 64.7 Å². The summed E-state index contributed by atoms with van der Waals surface area (Å²) < 4.78 is 10.4. The number of halogens is 2. The summed E-state index contributed by atoms with van der Waals surface area (Å²) in [6.45, 7) is 2.33. The lowest BCUT2D eigenvalue weighted by Crippen LogP contribution is -2.11. The summed E-state index contributed by atoms with van der Waals surface area (Å²) >= 11 is 11.6. The molecule has 0 saturated heterocycles. The van der Waals surface area contributed by atoms with Crippen molar-refractivity contribution in [2.24, 2.45) is 0 Å². The number of hydrogen-bond acceptors (Lipinski definition) is 4. The van der Waals surface area contributed by atoms with Crippen molar-refractivity contribution in [3.05, 3.63) is 28.8 Å². The van der Waals surface area contributed by atoms with Crippen LogP contribution < -0.4 is 4.74 Å². The summed E-state index contributed by atoms with van der Waals surface area (Å²) in [5.41, 5.74) is 0.958. The van der Waals surface area contributed by atoms with Crippen LogP contribution in [0.25, 0.3) is 0 Å². The lowest BCUT2D eigenvalue weighted by atomic mass is 10.1. The van der Waals surface area contributed by atoms with E-state index in [1.807, 2.05) is 13.0 Å². The third-order valence-electron chi connectivity index (χ3n) is 3.86. The van der Waals surface area contributed by atoms with Gasteiger partial charge in [-0.1, -0.05) is 43.4 Å². The Morgan fingerprint density at radius 2 is 1.58 bits per heavy atom. The zero-order valence-corrected chi connectivity index (χ0v) is 16.9. The standard InChI is InChI=1S/C20H28Cl2O4/c1-16-11-12-17(22)18(15-16)26-20(24)10-8-9-19(23)25-14-7-5-3-2-4-6-13-21/h11-12,15H,2-10,13-14H2,1H3. The molecule has 0 amide bonds. The predicted molar refractivity (Wildman–Crippen MR) is 105 cm³/mol. The van der Waals surface area contributed by atoms with E-state index in [2.05, 4.69) is 0 Å². The smallest absolute Gasteiger partial charge is 0.311 e. The molecule has 0 aliphatic heterocycles. The largest absolute Gasteiger partial charge is 0.466 e. The van der Waals surface area contributed by atoms with Gasteiger partial charge in [0, 0.05) is 18.7 Å². The Hall–Kier alpha value is -1.26. The van der Waals surface area contributed by atoms with Gasteiger partial charge in [-0.05, 0) is 43.9 Å². The first-order valence-electron chi connectivity index (χ1n) is 9.21. The highest BCUT2D eigenvalue weighted by atomic mass is 35.5. The molecular weight excluding hydrogens is 375 g/mol. The van der Waals surface area contributed by atoms with Crippen LogP contribution >= 0.6 is 23.2 Å².